The van der Waals surface area contributed by atoms with E-state index in [4.69, 9.17) is 10.1 Å². The number of aryl methyl sites for hydroxylation is 1. The highest BCUT2D eigenvalue weighted by atomic mass is 16.5. The van der Waals surface area contributed by atoms with E-state index in [2.05, 4.69) is 10.3 Å². The summed E-state index contributed by atoms with van der Waals surface area (Å²) < 4.78 is 8.80. The van der Waals surface area contributed by atoms with E-state index < -0.39 is 5.91 Å². The van der Waals surface area contributed by atoms with Gasteiger partial charge in [0.1, 0.15) is 16.8 Å². The highest BCUT2D eigenvalue weighted by molar-refractivity contribution is 5.96. The summed E-state index contributed by atoms with van der Waals surface area (Å²) in [6.07, 6.45) is 3.51. The average Bonchev–Trinajstić information content (AvgIpc) is 3.17. The first-order valence-electron chi connectivity index (χ1n) is 8.94. The summed E-state index contributed by atoms with van der Waals surface area (Å²) in [4.78, 5) is 30.0. The molecule has 0 spiro atoms. The van der Waals surface area contributed by atoms with Gasteiger partial charge in [-0.25, -0.2) is 4.98 Å². The first-order chi connectivity index (χ1) is 13.0. The summed E-state index contributed by atoms with van der Waals surface area (Å²) in [7, 11) is 1.51. The van der Waals surface area contributed by atoms with E-state index in [0.717, 1.165) is 18.4 Å². The number of rotatable bonds is 3. The zero-order valence-corrected chi connectivity index (χ0v) is 15.3. The lowest BCUT2D eigenvalue weighted by atomic mass is 10.1. The third kappa shape index (κ3) is 2.91. The number of ether oxygens (including phenoxy) is 1. The molecule has 1 amide bonds. The highest BCUT2D eigenvalue weighted by Gasteiger charge is 2.21. The molecular formula is C19H21N5O3. The molecule has 0 saturated carbocycles. The number of hydrogen-bond acceptors (Lipinski definition) is 5. The number of hydrogen-bond donors (Lipinski definition) is 2. The normalized spacial score (nSPS) is 16.9. The lowest BCUT2D eigenvalue weighted by molar-refractivity contribution is 0.0938. The van der Waals surface area contributed by atoms with Crippen LogP contribution in [0, 0.1) is 12.3 Å². The van der Waals surface area contributed by atoms with E-state index in [1.165, 1.54) is 17.5 Å². The fourth-order valence-corrected chi connectivity index (χ4v) is 3.52. The number of amides is 1. The Balaban J connectivity index is 2.07. The van der Waals surface area contributed by atoms with Crippen LogP contribution in [0.15, 0.2) is 29.2 Å². The molecule has 27 heavy (non-hydrogen) atoms. The molecule has 3 aromatic rings. The van der Waals surface area contributed by atoms with E-state index in [1.807, 2.05) is 13.0 Å². The van der Waals surface area contributed by atoms with Crippen LogP contribution in [0.3, 0.4) is 0 Å². The molecule has 8 heteroatoms. The summed E-state index contributed by atoms with van der Waals surface area (Å²) in [6, 6.07) is 5.13. The van der Waals surface area contributed by atoms with Gasteiger partial charge in [-0.2, -0.15) is 0 Å². The molecule has 8 nitrogen and oxygen atoms in total. The summed E-state index contributed by atoms with van der Waals surface area (Å²) in [5.74, 6) is -0.406. The molecule has 1 aliphatic heterocycles. The Bertz CT molecular complexity index is 1170. The van der Waals surface area contributed by atoms with Crippen molar-refractivity contribution in [3.8, 4) is 0 Å². The molecule has 3 aromatic heterocycles. The Morgan fingerprint density at radius 1 is 1.44 bits per heavy atom. The summed E-state index contributed by atoms with van der Waals surface area (Å²) in [6.45, 7) is 2.97. The van der Waals surface area contributed by atoms with Gasteiger partial charge in [0.05, 0.1) is 23.6 Å². The van der Waals surface area contributed by atoms with Gasteiger partial charge < -0.3 is 14.6 Å². The molecular weight excluding hydrogens is 346 g/mol. The van der Waals surface area contributed by atoms with Crippen LogP contribution >= 0.6 is 0 Å². The maximum Gasteiger partial charge on any atom is 0.267 e. The number of nitrogens with zero attached hydrogens (tertiary/aromatic N) is 3. The number of carbonyl (C=O) groups is 1. The second-order valence-corrected chi connectivity index (χ2v) is 6.82. The predicted octanol–water partition coefficient (Wildman–Crippen LogP) is 0.976. The molecule has 1 atom stereocenters. The lowest BCUT2D eigenvalue weighted by Crippen LogP contribution is -2.35. The van der Waals surface area contributed by atoms with E-state index in [-0.39, 0.29) is 22.7 Å². The van der Waals surface area contributed by atoms with Crippen molar-refractivity contribution in [2.45, 2.75) is 32.4 Å². The molecule has 140 valence electrons. The topological polar surface area (TPSA) is 101 Å². The van der Waals surface area contributed by atoms with Crippen LogP contribution in [0.25, 0.3) is 16.7 Å². The van der Waals surface area contributed by atoms with Gasteiger partial charge >= 0.3 is 0 Å². The second kappa shape index (κ2) is 6.62. The van der Waals surface area contributed by atoms with Crippen LogP contribution < -0.4 is 16.4 Å². The first-order valence-corrected chi connectivity index (χ1v) is 8.94. The molecule has 0 unspecified atom stereocenters. The van der Waals surface area contributed by atoms with Crippen LogP contribution in [-0.2, 0) is 11.3 Å². The monoisotopic (exact) mass is 367 g/mol. The zero-order chi connectivity index (χ0) is 19.1. The smallest absolute Gasteiger partial charge is 0.267 e. The largest absolute Gasteiger partial charge is 0.376 e. The molecule has 0 aliphatic carbocycles. The molecule has 1 fully saturated rings. The molecule has 1 aliphatic rings. The third-order valence-corrected chi connectivity index (χ3v) is 4.94. The van der Waals surface area contributed by atoms with Crippen LogP contribution in [0.5, 0.6) is 0 Å². The maximum absolute atomic E-state index is 13.1. The summed E-state index contributed by atoms with van der Waals surface area (Å²) in [5.41, 5.74) is 1.75. The summed E-state index contributed by atoms with van der Waals surface area (Å²) >= 11 is 0. The van der Waals surface area contributed by atoms with Crippen molar-refractivity contribution in [1.82, 2.24) is 19.3 Å². The van der Waals surface area contributed by atoms with Gasteiger partial charge in [0, 0.05) is 19.9 Å². The molecule has 0 radical (unpaired) electrons. The predicted molar refractivity (Wildman–Crippen MR) is 99.9 cm³/mol. The number of aromatic nitrogens is 3. The van der Waals surface area contributed by atoms with Gasteiger partial charge in [0.2, 0.25) is 0 Å². The minimum absolute atomic E-state index is 0.0284. The minimum atomic E-state index is -0.406. The number of pyridine rings is 2. The van der Waals surface area contributed by atoms with E-state index in [9.17, 15) is 9.59 Å². The van der Waals surface area contributed by atoms with Crippen molar-refractivity contribution in [3.63, 3.8) is 0 Å². The quantitative estimate of drug-likeness (QED) is 0.674. The highest BCUT2D eigenvalue weighted by Crippen LogP contribution is 2.17. The third-order valence-electron chi connectivity index (χ3n) is 4.94. The van der Waals surface area contributed by atoms with Crippen molar-refractivity contribution in [1.29, 1.82) is 5.41 Å². The van der Waals surface area contributed by atoms with Crippen molar-refractivity contribution in [2.75, 3.05) is 13.7 Å². The van der Waals surface area contributed by atoms with Crippen molar-refractivity contribution >= 4 is 22.6 Å². The number of fused-ring (bicyclic) bond motifs is 2. The van der Waals surface area contributed by atoms with Gasteiger partial charge in [-0.15, -0.1) is 0 Å². The number of nitrogens with one attached hydrogen (secondary N) is 2. The lowest BCUT2D eigenvalue weighted by Gasteiger charge is -2.17. The molecule has 0 aromatic carbocycles. The van der Waals surface area contributed by atoms with Crippen LogP contribution in [0.2, 0.25) is 0 Å². The Morgan fingerprint density at radius 3 is 2.96 bits per heavy atom. The molecule has 0 bridgehead atoms. The summed E-state index contributed by atoms with van der Waals surface area (Å²) in [5, 5.41) is 11.4. The van der Waals surface area contributed by atoms with E-state index in [0.29, 0.717) is 29.8 Å². The van der Waals surface area contributed by atoms with Crippen molar-refractivity contribution < 1.29 is 9.53 Å². The second-order valence-electron chi connectivity index (χ2n) is 6.82. The van der Waals surface area contributed by atoms with E-state index >= 15 is 0 Å². The maximum atomic E-state index is 13.1. The van der Waals surface area contributed by atoms with Crippen LogP contribution in [0.1, 0.15) is 28.8 Å². The SMILES string of the molecule is CNC(=O)c1cc2c(=O)n3cc(C)ccc3nc2n(C[C@@H]2CCCO2)c1=N. The van der Waals surface area contributed by atoms with Crippen molar-refractivity contribution in [2.24, 2.45) is 0 Å². The van der Waals surface area contributed by atoms with Gasteiger partial charge in [-0.3, -0.25) is 19.4 Å². The zero-order valence-electron chi connectivity index (χ0n) is 15.3. The molecule has 4 rings (SSSR count). The molecule has 4 heterocycles. The molecule has 2 N–H and O–H groups in total. The van der Waals surface area contributed by atoms with Crippen LogP contribution in [0.4, 0.5) is 0 Å². The standard InChI is InChI=1S/C19H21N5O3/c1-11-5-6-15-22-17-14(19(26)23(15)9-11)8-13(18(25)21-2)16(20)24(17)10-12-4-3-7-27-12/h5-6,8-9,12,20H,3-4,7,10H2,1-2H3,(H,21,25)/t12-/m0/s1. The van der Waals surface area contributed by atoms with Gasteiger partial charge in [0.15, 0.2) is 0 Å². The Labute approximate surface area is 154 Å². The Hall–Kier alpha value is -3.00. The van der Waals surface area contributed by atoms with Gasteiger partial charge in [0.25, 0.3) is 11.5 Å². The Morgan fingerprint density at radius 2 is 2.26 bits per heavy atom. The minimum Gasteiger partial charge on any atom is -0.376 e. The van der Waals surface area contributed by atoms with Crippen LogP contribution in [-0.4, -0.2) is 39.6 Å². The average molecular weight is 367 g/mol. The van der Waals surface area contributed by atoms with Crippen molar-refractivity contribution in [3.05, 3.63) is 51.4 Å². The van der Waals surface area contributed by atoms with Gasteiger partial charge in [-0.1, -0.05) is 6.07 Å². The Kier molecular flexibility index (Phi) is 4.27. The molecule has 1 saturated heterocycles. The van der Waals surface area contributed by atoms with Gasteiger partial charge in [-0.05, 0) is 37.5 Å². The first kappa shape index (κ1) is 17.4. The fraction of sp³-hybridized carbons (Fsp3) is 0.368. The number of carbonyl (C=O) groups excluding carboxylic acids is 1. The fourth-order valence-electron chi connectivity index (χ4n) is 3.52. The van der Waals surface area contributed by atoms with E-state index in [1.54, 1.807) is 16.8 Å².